The van der Waals surface area contributed by atoms with Gasteiger partial charge in [0.25, 0.3) is 0 Å². The highest BCUT2D eigenvalue weighted by molar-refractivity contribution is 4.77. The predicted octanol–water partition coefficient (Wildman–Crippen LogP) is 3.28. The van der Waals surface area contributed by atoms with E-state index in [9.17, 15) is 5.11 Å². The van der Waals surface area contributed by atoms with Gasteiger partial charge in [0.2, 0.25) is 0 Å². The molecule has 0 saturated carbocycles. The minimum Gasteiger partial charge on any atom is -0.393 e. The fourth-order valence-electron chi connectivity index (χ4n) is 2.32. The van der Waals surface area contributed by atoms with Gasteiger partial charge in [-0.05, 0) is 25.7 Å². The van der Waals surface area contributed by atoms with Gasteiger partial charge in [-0.1, -0.05) is 39.5 Å². The zero-order valence-electron chi connectivity index (χ0n) is 10.2. The van der Waals surface area contributed by atoms with Crippen LogP contribution in [0.4, 0.5) is 0 Å². The summed E-state index contributed by atoms with van der Waals surface area (Å²) >= 11 is 0. The van der Waals surface area contributed by atoms with Crippen LogP contribution in [0.1, 0.15) is 65.2 Å². The summed E-state index contributed by atoms with van der Waals surface area (Å²) in [4.78, 5) is 0. The summed E-state index contributed by atoms with van der Waals surface area (Å²) in [6.45, 7) is 4.40. The average molecular weight is 214 g/mol. The van der Waals surface area contributed by atoms with E-state index in [0.717, 1.165) is 25.7 Å². The highest BCUT2D eigenvalue weighted by Crippen LogP contribution is 2.25. The van der Waals surface area contributed by atoms with Crippen LogP contribution < -0.4 is 0 Å². The molecule has 90 valence electrons. The molecule has 0 aromatic rings. The van der Waals surface area contributed by atoms with Gasteiger partial charge in [-0.15, -0.1) is 0 Å². The lowest BCUT2D eigenvalue weighted by atomic mass is 9.95. The monoisotopic (exact) mass is 214 g/mol. The molecule has 0 aromatic heterocycles. The zero-order chi connectivity index (χ0) is 11.1. The number of aliphatic hydroxyl groups is 1. The maximum absolute atomic E-state index is 9.77. The van der Waals surface area contributed by atoms with Gasteiger partial charge in [0.15, 0.2) is 0 Å². The van der Waals surface area contributed by atoms with E-state index in [2.05, 4.69) is 13.8 Å². The average Bonchev–Trinajstić information content (AvgIpc) is 2.23. The fourth-order valence-corrected chi connectivity index (χ4v) is 2.32. The fraction of sp³-hybridized carbons (Fsp3) is 1.00. The van der Waals surface area contributed by atoms with E-state index in [1.807, 2.05) is 0 Å². The lowest BCUT2D eigenvalue weighted by Crippen LogP contribution is -2.35. The van der Waals surface area contributed by atoms with Crippen LogP contribution in [0.15, 0.2) is 0 Å². The lowest BCUT2D eigenvalue weighted by molar-refractivity contribution is -0.101. The van der Waals surface area contributed by atoms with E-state index in [0.29, 0.717) is 12.2 Å². The first-order chi connectivity index (χ1) is 7.26. The van der Waals surface area contributed by atoms with Crippen molar-refractivity contribution in [2.45, 2.75) is 83.5 Å². The predicted molar refractivity (Wildman–Crippen MR) is 63.0 cm³/mol. The molecule has 3 atom stereocenters. The van der Waals surface area contributed by atoms with E-state index in [-0.39, 0.29) is 6.10 Å². The normalized spacial score (nSPS) is 31.8. The Hall–Kier alpha value is -0.0800. The molecule has 1 fully saturated rings. The summed E-state index contributed by atoms with van der Waals surface area (Å²) in [5, 5.41) is 9.77. The highest BCUT2D eigenvalue weighted by atomic mass is 16.5. The van der Waals surface area contributed by atoms with Crippen molar-refractivity contribution in [3.8, 4) is 0 Å². The van der Waals surface area contributed by atoms with Gasteiger partial charge in [0.05, 0.1) is 18.3 Å². The van der Waals surface area contributed by atoms with Gasteiger partial charge in [0, 0.05) is 0 Å². The molecule has 0 bridgehead atoms. The van der Waals surface area contributed by atoms with Crippen molar-refractivity contribution < 1.29 is 9.84 Å². The molecule has 0 radical (unpaired) electrons. The van der Waals surface area contributed by atoms with Crippen LogP contribution in [-0.4, -0.2) is 23.4 Å². The first-order valence-electron chi connectivity index (χ1n) is 6.59. The Bertz CT molecular complexity index is 143. The van der Waals surface area contributed by atoms with Crippen molar-refractivity contribution in [1.29, 1.82) is 0 Å². The van der Waals surface area contributed by atoms with Crippen LogP contribution in [0.3, 0.4) is 0 Å². The van der Waals surface area contributed by atoms with Crippen LogP contribution in [0.2, 0.25) is 0 Å². The summed E-state index contributed by atoms with van der Waals surface area (Å²) < 4.78 is 6.00. The number of ether oxygens (including phenoxy) is 1. The smallest absolute Gasteiger partial charge is 0.0603 e. The molecule has 1 rings (SSSR count). The molecule has 2 heteroatoms. The third kappa shape index (κ3) is 4.98. The number of hydrogen-bond acceptors (Lipinski definition) is 2. The van der Waals surface area contributed by atoms with Crippen molar-refractivity contribution >= 4 is 0 Å². The molecule has 1 heterocycles. The molecular formula is C13H26O2. The second-order valence-electron chi connectivity index (χ2n) is 4.79. The van der Waals surface area contributed by atoms with Crippen molar-refractivity contribution in [1.82, 2.24) is 0 Å². The molecule has 1 aliphatic heterocycles. The van der Waals surface area contributed by atoms with Gasteiger partial charge in [-0.2, -0.15) is 0 Å². The Kier molecular flexibility index (Phi) is 6.26. The lowest BCUT2D eigenvalue weighted by Gasteiger charge is -2.33. The van der Waals surface area contributed by atoms with Crippen LogP contribution in [0.25, 0.3) is 0 Å². The first-order valence-corrected chi connectivity index (χ1v) is 6.59. The maximum Gasteiger partial charge on any atom is 0.0603 e. The number of rotatable bonds is 6. The van der Waals surface area contributed by atoms with Gasteiger partial charge >= 0.3 is 0 Å². The standard InChI is InChI=1S/C13H26O2/c1-3-5-7-12-9-11(14)10-13(15-12)8-6-4-2/h11-14H,3-10H2,1-2H3/t11?,12-,13+. The quantitative estimate of drug-likeness (QED) is 0.735. The summed E-state index contributed by atoms with van der Waals surface area (Å²) in [5.41, 5.74) is 0. The van der Waals surface area contributed by atoms with Crippen LogP contribution in [0, 0.1) is 0 Å². The molecule has 15 heavy (non-hydrogen) atoms. The van der Waals surface area contributed by atoms with Gasteiger partial charge in [-0.3, -0.25) is 0 Å². The molecule has 1 unspecified atom stereocenters. The van der Waals surface area contributed by atoms with E-state index >= 15 is 0 Å². The van der Waals surface area contributed by atoms with Gasteiger partial charge in [-0.25, -0.2) is 0 Å². The summed E-state index contributed by atoms with van der Waals surface area (Å²) in [6, 6.07) is 0. The Morgan fingerprint density at radius 3 is 1.87 bits per heavy atom. The molecule has 1 aliphatic rings. The van der Waals surface area contributed by atoms with Crippen LogP contribution in [0.5, 0.6) is 0 Å². The first kappa shape index (κ1) is 13.0. The summed E-state index contributed by atoms with van der Waals surface area (Å²) in [7, 11) is 0. The molecule has 2 nitrogen and oxygen atoms in total. The SMILES string of the molecule is CCCC[C@@H]1CC(O)C[C@H](CCCC)O1. The topological polar surface area (TPSA) is 29.5 Å². The Balaban J connectivity index is 2.27. The van der Waals surface area contributed by atoms with Crippen molar-refractivity contribution in [3.05, 3.63) is 0 Å². The zero-order valence-corrected chi connectivity index (χ0v) is 10.2. The molecule has 0 spiro atoms. The van der Waals surface area contributed by atoms with E-state index < -0.39 is 0 Å². The number of hydrogen-bond donors (Lipinski definition) is 1. The van der Waals surface area contributed by atoms with Crippen molar-refractivity contribution in [2.24, 2.45) is 0 Å². The molecule has 1 saturated heterocycles. The molecule has 0 amide bonds. The largest absolute Gasteiger partial charge is 0.393 e. The van der Waals surface area contributed by atoms with Gasteiger partial charge in [0.1, 0.15) is 0 Å². The Labute approximate surface area is 94.0 Å². The van der Waals surface area contributed by atoms with Gasteiger partial charge < -0.3 is 9.84 Å². The van der Waals surface area contributed by atoms with Crippen LogP contribution in [-0.2, 0) is 4.74 Å². The van der Waals surface area contributed by atoms with E-state index in [1.165, 1.54) is 25.7 Å². The highest BCUT2D eigenvalue weighted by Gasteiger charge is 2.27. The van der Waals surface area contributed by atoms with Crippen LogP contribution >= 0.6 is 0 Å². The molecule has 0 aliphatic carbocycles. The third-order valence-electron chi connectivity index (χ3n) is 3.21. The minimum absolute atomic E-state index is 0.123. The van der Waals surface area contributed by atoms with Crippen molar-refractivity contribution in [3.63, 3.8) is 0 Å². The Morgan fingerprint density at radius 2 is 1.47 bits per heavy atom. The van der Waals surface area contributed by atoms with Crippen molar-refractivity contribution in [2.75, 3.05) is 0 Å². The molecule has 0 aromatic carbocycles. The number of aliphatic hydroxyl groups excluding tert-OH is 1. The summed E-state index contributed by atoms with van der Waals surface area (Å²) in [5.74, 6) is 0. The number of unbranched alkanes of at least 4 members (excludes halogenated alkanes) is 2. The maximum atomic E-state index is 9.77. The summed E-state index contributed by atoms with van der Waals surface area (Å²) in [6.07, 6.45) is 9.33. The second-order valence-corrected chi connectivity index (χ2v) is 4.79. The molecule has 1 N–H and O–H groups in total. The van der Waals surface area contributed by atoms with E-state index in [1.54, 1.807) is 0 Å². The molecular weight excluding hydrogens is 188 g/mol. The third-order valence-corrected chi connectivity index (χ3v) is 3.21. The Morgan fingerprint density at radius 1 is 1.00 bits per heavy atom. The second kappa shape index (κ2) is 7.24. The van der Waals surface area contributed by atoms with E-state index in [4.69, 9.17) is 4.74 Å². The minimum atomic E-state index is -0.123.